The van der Waals surface area contributed by atoms with Gasteiger partial charge in [0.2, 0.25) is 0 Å². The number of carbonyl (C=O) groups is 1. The van der Waals surface area contributed by atoms with Crippen molar-refractivity contribution >= 4 is 33.1 Å². The first-order valence-electron chi connectivity index (χ1n) is 10.00. The topological polar surface area (TPSA) is 94.6 Å². The predicted octanol–water partition coefficient (Wildman–Crippen LogP) is 2.67. The van der Waals surface area contributed by atoms with Crippen LogP contribution in [0.5, 0.6) is 0 Å². The fraction of sp³-hybridized carbons (Fsp3) is 0.500. The summed E-state index contributed by atoms with van der Waals surface area (Å²) < 4.78 is 27.3. The smallest absolute Gasteiger partial charge is 0.319 e. The monoisotopic (exact) mass is 451 g/mol. The van der Waals surface area contributed by atoms with E-state index in [0.29, 0.717) is 10.8 Å². The number of anilines is 1. The van der Waals surface area contributed by atoms with Crippen LogP contribution in [-0.4, -0.2) is 67.9 Å². The van der Waals surface area contributed by atoms with Gasteiger partial charge in [0, 0.05) is 43.3 Å². The Morgan fingerprint density at radius 1 is 1.27 bits per heavy atom. The van der Waals surface area contributed by atoms with Crippen molar-refractivity contribution in [3.8, 4) is 0 Å². The highest BCUT2D eigenvalue weighted by Crippen LogP contribution is 2.25. The third kappa shape index (κ3) is 5.78. The molecule has 164 valence electrons. The minimum absolute atomic E-state index is 0.00257. The van der Waals surface area contributed by atoms with Crippen LogP contribution in [0.15, 0.2) is 33.9 Å². The molecule has 2 N–H and O–H groups in total. The summed E-state index contributed by atoms with van der Waals surface area (Å²) in [5, 5.41) is 7.49. The van der Waals surface area contributed by atoms with E-state index in [4.69, 9.17) is 0 Å². The van der Waals surface area contributed by atoms with Crippen LogP contribution in [0.4, 0.5) is 10.5 Å². The van der Waals surface area contributed by atoms with Gasteiger partial charge in [0.15, 0.2) is 0 Å². The molecule has 3 rings (SSSR count). The molecule has 0 aliphatic carbocycles. The number of aryl methyl sites for hydroxylation is 2. The number of hydrogen-bond donors (Lipinski definition) is 2. The molecule has 10 heteroatoms. The number of likely N-dealkylation sites (tertiary alicyclic amines) is 1. The molecule has 0 bridgehead atoms. The fourth-order valence-electron chi connectivity index (χ4n) is 3.66. The fourth-order valence-corrected chi connectivity index (χ4v) is 6.26. The van der Waals surface area contributed by atoms with Crippen LogP contribution in [0, 0.1) is 13.8 Å². The molecule has 1 saturated heterocycles. The molecule has 2 aromatic rings. The van der Waals surface area contributed by atoms with E-state index in [1.165, 1.54) is 15.6 Å². The number of thiophene rings is 1. The standard InChI is InChI=1S/C20H29N5O3S2/c1-15-13-17(14-16(2)22-15)23-20(26)21-8-11-25-9-6-18(7-10-25)24(3)30(27,28)19-5-4-12-29-19/h4-5,12-14,18H,6-11H2,1-3H3,(H2,21,22,23,26). The molecule has 2 amide bonds. The van der Waals surface area contributed by atoms with E-state index in [1.807, 2.05) is 26.0 Å². The highest BCUT2D eigenvalue weighted by Gasteiger charge is 2.31. The largest absolute Gasteiger partial charge is 0.337 e. The molecular formula is C20H29N5O3S2. The van der Waals surface area contributed by atoms with Crippen molar-refractivity contribution in [2.24, 2.45) is 0 Å². The average Bonchev–Trinajstić information content (AvgIpc) is 3.23. The van der Waals surface area contributed by atoms with Crippen molar-refractivity contribution in [3.05, 3.63) is 41.0 Å². The maximum Gasteiger partial charge on any atom is 0.319 e. The second-order valence-electron chi connectivity index (χ2n) is 7.55. The number of piperidine rings is 1. The van der Waals surface area contributed by atoms with Gasteiger partial charge in [-0.3, -0.25) is 4.98 Å². The summed E-state index contributed by atoms with van der Waals surface area (Å²) >= 11 is 1.25. The molecule has 0 aromatic carbocycles. The summed E-state index contributed by atoms with van der Waals surface area (Å²) in [6.45, 7) is 6.66. The summed E-state index contributed by atoms with van der Waals surface area (Å²) in [5.41, 5.74) is 2.45. The lowest BCUT2D eigenvalue weighted by molar-refractivity contribution is 0.171. The van der Waals surface area contributed by atoms with E-state index in [9.17, 15) is 13.2 Å². The summed E-state index contributed by atoms with van der Waals surface area (Å²) in [5.74, 6) is 0. The Labute approximate surface area is 182 Å². The number of nitrogens with zero attached hydrogens (tertiary/aromatic N) is 3. The third-order valence-electron chi connectivity index (χ3n) is 5.25. The lowest BCUT2D eigenvalue weighted by atomic mass is 10.1. The highest BCUT2D eigenvalue weighted by atomic mass is 32.2. The number of nitrogens with one attached hydrogen (secondary N) is 2. The number of pyridine rings is 1. The Kier molecular flexibility index (Phi) is 7.45. The van der Waals surface area contributed by atoms with Crippen LogP contribution in [0.1, 0.15) is 24.2 Å². The van der Waals surface area contributed by atoms with Crippen molar-refractivity contribution in [3.63, 3.8) is 0 Å². The zero-order valence-corrected chi connectivity index (χ0v) is 19.2. The van der Waals surface area contributed by atoms with Gasteiger partial charge in [-0.15, -0.1) is 11.3 Å². The Bertz CT molecular complexity index is 935. The van der Waals surface area contributed by atoms with Crippen LogP contribution >= 0.6 is 11.3 Å². The van der Waals surface area contributed by atoms with Gasteiger partial charge < -0.3 is 15.5 Å². The Morgan fingerprint density at radius 2 is 1.93 bits per heavy atom. The number of aromatic nitrogens is 1. The summed E-state index contributed by atoms with van der Waals surface area (Å²) in [4.78, 5) is 18.7. The zero-order chi connectivity index (χ0) is 21.7. The van der Waals surface area contributed by atoms with Gasteiger partial charge in [-0.25, -0.2) is 13.2 Å². The lowest BCUT2D eigenvalue weighted by Crippen LogP contribution is -2.47. The number of rotatable bonds is 7. The molecule has 1 fully saturated rings. The van der Waals surface area contributed by atoms with E-state index in [-0.39, 0.29) is 12.1 Å². The minimum atomic E-state index is -3.41. The first-order valence-corrected chi connectivity index (χ1v) is 12.3. The van der Waals surface area contributed by atoms with E-state index in [1.54, 1.807) is 24.6 Å². The van der Waals surface area contributed by atoms with Gasteiger partial charge in [0.05, 0.1) is 0 Å². The maximum absolute atomic E-state index is 12.7. The number of carbonyl (C=O) groups excluding carboxylic acids is 1. The molecule has 2 aromatic heterocycles. The molecule has 0 saturated carbocycles. The van der Waals surface area contributed by atoms with Crippen molar-refractivity contribution in [1.29, 1.82) is 0 Å². The van der Waals surface area contributed by atoms with Gasteiger partial charge in [-0.05, 0) is 63.4 Å². The highest BCUT2D eigenvalue weighted by molar-refractivity contribution is 7.91. The minimum Gasteiger partial charge on any atom is -0.337 e. The lowest BCUT2D eigenvalue weighted by Gasteiger charge is -2.35. The first-order chi connectivity index (χ1) is 14.3. The van der Waals surface area contributed by atoms with Gasteiger partial charge in [0.1, 0.15) is 4.21 Å². The summed E-state index contributed by atoms with van der Waals surface area (Å²) in [7, 11) is -1.74. The van der Waals surface area contributed by atoms with Crippen molar-refractivity contribution in [2.75, 3.05) is 38.5 Å². The molecule has 30 heavy (non-hydrogen) atoms. The predicted molar refractivity (Wildman–Crippen MR) is 119 cm³/mol. The molecule has 0 atom stereocenters. The average molecular weight is 452 g/mol. The van der Waals surface area contributed by atoms with Crippen LogP contribution in [0.3, 0.4) is 0 Å². The zero-order valence-electron chi connectivity index (χ0n) is 17.6. The van der Waals surface area contributed by atoms with Crippen LogP contribution < -0.4 is 10.6 Å². The Morgan fingerprint density at radius 3 is 2.53 bits per heavy atom. The quantitative estimate of drug-likeness (QED) is 0.675. The molecule has 1 aliphatic heterocycles. The van der Waals surface area contributed by atoms with Gasteiger partial charge in [-0.2, -0.15) is 4.31 Å². The van der Waals surface area contributed by atoms with E-state index in [0.717, 1.165) is 49.6 Å². The van der Waals surface area contributed by atoms with Crippen LogP contribution in [0.2, 0.25) is 0 Å². The van der Waals surface area contributed by atoms with E-state index in [2.05, 4.69) is 20.5 Å². The molecular weight excluding hydrogens is 422 g/mol. The third-order valence-corrected chi connectivity index (χ3v) is 8.54. The molecule has 1 aliphatic rings. The molecule has 0 spiro atoms. The van der Waals surface area contributed by atoms with E-state index < -0.39 is 10.0 Å². The SMILES string of the molecule is Cc1cc(NC(=O)NCCN2CCC(N(C)S(=O)(=O)c3cccs3)CC2)cc(C)n1. The summed E-state index contributed by atoms with van der Waals surface area (Å²) in [6.07, 6.45) is 1.56. The molecule has 8 nitrogen and oxygen atoms in total. The van der Waals surface area contributed by atoms with Crippen LogP contribution in [-0.2, 0) is 10.0 Å². The number of amides is 2. The van der Waals surface area contributed by atoms with Crippen molar-refractivity contribution in [1.82, 2.24) is 19.5 Å². The number of sulfonamides is 1. The van der Waals surface area contributed by atoms with Crippen LogP contribution in [0.25, 0.3) is 0 Å². The first kappa shape index (κ1) is 22.7. The van der Waals surface area contributed by atoms with E-state index >= 15 is 0 Å². The molecule has 3 heterocycles. The van der Waals surface area contributed by atoms with Crippen molar-refractivity contribution < 1.29 is 13.2 Å². The number of urea groups is 1. The maximum atomic E-state index is 12.7. The molecule has 0 unspecified atom stereocenters. The van der Waals surface area contributed by atoms with Crippen molar-refractivity contribution in [2.45, 2.75) is 36.9 Å². The second-order valence-corrected chi connectivity index (χ2v) is 10.7. The van der Waals surface area contributed by atoms with Gasteiger partial charge in [-0.1, -0.05) is 6.07 Å². The van der Waals surface area contributed by atoms with Gasteiger partial charge >= 0.3 is 6.03 Å². The Hall–Kier alpha value is -2.01. The van der Waals surface area contributed by atoms with Gasteiger partial charge in [0.25, 0.3) is 10.0 Å². The molecule has 0 radical (unpaired) electrons. The summed E-state index contributed by atoms with van der Waals surface area (Å²) in [6, 6.07) is 6.83. The normalized spacial score (nSPS) is 16.0. The second kappa shape index (κ2) is 9.86. The number of hydrogen-bond acceptors (Lipinski definition) is 6. The Balaban J connectivity index is 1.40.